The maximum atomic E-state index is 11.0. The number of phenolic OH excluding ortho intramolecular Hbond substituents is 1. The van der Waals surface area contributed by atoms with Crippen molar-refractivity contribution in [3.8, 4) is 5.75 Å². The lowest BCUT2D eigenvalue weighted by Gasteiger charge is -2.07. The molecule has 2 aromatic rings. The Hall–Kier alpha value is -2.49. The first-order chi connectivity index (χ1) is 8.65. The van der Waals surface area contributed by atoms with E-state index in [1.54, 1.807) is 42.5 Å². The third kappa shape index (κ3) is 3.01. The Morgan fingerprint density at radius 2 is 1.89 bits per heavy atom. The van der Waals surface area contributed by atoms with E-state index in [0.717, 1.165) is 11.3 Å². The standard InChI is InChI=1S/C14H14N2O2/c15-14(18)11-3-1-2-10(8-11)9-16-12-4-6-13(17)7-5-12/h1-8,16-17H,9H2,(H2,15,18). The monoisotopic (exact) mass is 242 g/mol. The van der Waals surface area contributed by atoms with Gasteiger partial charge < -0.3 is 16.2 Å². The smallest absolute Gasteiger partial charge is 0.248 e. The van der Waals surface area contributed by atoms with E-state index < -0.39 is 5.91 Å². The number of nitrogens with two attached hydrogens (primary N) is 1. The third-order valence-corrected chi connectivity index (χ3v) is 2.58. The number of amides is 1. The zero-order valence-electron chi connectivity index (χ0n) is 9.76. The van der Waals surface area contributed by atoms with Gasteiger partial charge in [0.1, 0.15) is 5.75 Å². The largest absolute Gasteiger partial charge is 0.508 e. The first-order valence-electron chi connectivity index (χ1n) is 5.57. The van der Waals surface area contributed by atoms with Crippen molar-refractivity contribution in [2.75, 3.05) is 5.32 Å². The van der Waals surface area contributed by atoms with Crippen molar-refractivity contribution in [1.29, 1.82) is 0 Å². The van der Waals surface area contributed by atoms with Gasteiger partial charge in [-0.05, 0) is 42.0 Å². The molecule has 0 aromatic heterocycles. The Bertz CT molecular complexity index is 550. The highest BCUT2D eigenvalue weighted by Crippen LogP contribution is 2.15. The molecule has 1 amide bonds. The number of phenols is 1. The van der Waals surface area contributed by atoms with Crippen LogP contribution in [0.2, 0.25) is 0 Å². The van der Waals surface area contributed by atoms with E-state index >= 15 is 0 Å². The lowest BCUT2D eigenvalue weighted by Crippen LogP contribution is -2.11. The third-order valence-electron chi connectivity index (χ3n) is 2.58. The van der Waals surface area contributed by atoms with E-state index in [0.29, 0.717) is 12.1 Å². The fourth-order valence-corrected chi connectivity index (χ4v) is 1.62. The molecule has 0 saturated heterocycles. The molecule has 0 fully saturated rings. The lowest BCUT2D eigenvalue weighted by molar-refractivity contribution is 0.1000. The Balaban J connectivity index is 2.04. The topological polar surface area (TPSA) is 75.4 Å². The molecule has 0 heterocycles. The number of nitrogens with one attached hydrogen (secondary N) is 1. The van der Waals surface area contributed by atoms with Crippen molar-refractivity contribution in [2.45, 2.75) is 6.54 Å². The van der Waals surface area contributed by atoms with E-state index in [9.17, 15) is 4.79 Å². The maximum Gasteiger partial charge on any atom is 0.248 e. The summed E-state index contributed by atoms with van der Waals surface area (Å²) in [5, 5.41) is 12.4. The highest BCUT2D eigenvalue weighted by Gasteiger charge is 2.01. The summed E-state index contributed by atoms with van der Waals surface area (Å²) in [6.07, 6.45) is 0. The van der Waals surface area contributed by atoms with Gasteiger partial charge in [0.2, 0.25) is 5.91 Å². The first kappa shape index (κ1) is 12.0. The number of carbonyl (C=O) groups excluding carboxylic acids is 1. The van der Waals surface area contributed by atoms with Gasteiger partial charge in [-0.25, -0.2) is 0 Å². The number of primary amides is 1. The molecule has 92 valence electrons. The van der Waals surface area contributed by atoms with Gasteiger partial charge in [-0.1, -0.05) is 12.1 Å². The van der Waals surface area contributed by atoms with Crippen LogP contribution in [0.4, 0.5) is 5.69 Å². The predicted octanol–water partition coefficient (Wildman–Crippen LogP) is 2.10. The highest BCUT2D eigenvalue weighted by molar-refractivity contribution is 5.92. The van der Waals surface area contributed by atoms with Crippen molar-refractivity contribution in [3.63, 3.8) is 0 Å². The van der Waals surface area contributed by atoms with Crippen LogP contribution in [0.1, 0.15) is 15.9 Å². The van der Waals surface area contributed by atoms with Crippen molar-refractivity contribution >= 4 is 11.6 Å². The Morgan fingerprint density at radius 3 is 2.56 bits per heavy atom. The Morgan fingerprint density at radius 1 is 1.17 bits per heavy atom. The quantitative estimate of drug-likeness (QED) is 0.719. The summed E-state index contributed by atoms with van der Waals surface area (Å²) >= 11 is 0. The average molecular weight is 242 g/mol. The zero-order valence-corrected chi connectivity index (χ0v) is 9.76. The minimum Gasteiger partial charge on any atom is -0.508 e. The summed E-state index contributed by atoms with van der Waals surface area (Å²) in [7, 11) is 0. The van der Waals surface area contributed by atoms with Crippen LogP contribution >= 0.6 is 0 Å². The molecule has 0 radical (unpaired) electrons. The number of anilines is 1. The zero-order chi connectivity index (χ0) is 13.0. The van der Waals surface area contributed by atoms with Crippen molar-refractivity contribution in [3.05, 3.63) is 59.7 Å². The van der Waals surface area contributed by atoms with E-state index in [-0.39, 0.29) is 5.75 Å². The Labute approximate surface area is 105 Å². The van der Waals surface area contributed by atoms with Gasteiger partial charge in [-0.15, -0.1) is 0 Å². The number of rotatable bonds is 4. The van der Waals surface area contributed by atoms with Crippen molar-refractivity contribution < 1.29 is 9.90 Å². The molecule has 0 saturated carbocycles. The van der Waals surface area contributed by atoms with Gasteiger partial charge in [0.15, 0.2) is 0 Å². The van der Waals surface area contributed by atoms with Gasteiger partial charge in [0.05, 0.1) is 0 Å². The minimum absolute atomic E-state index is 0.233. The molecule has 4 heteroatoms. The van der Waals surface area contributed by atoms with Crippen LogP contribution in [0.3, 0.4) is 0 Å². The molecule has 0 atom stereocenters. The molecule has 0 aliphatic carbocycles. The normalized spacial score (nSPS) is 10.0. The molecule has 4 N–H and O–H groups in total. The summed E-state index contributed by atoms with van der Waals surface area (Å²) in [4.78, 5) is 11.0. The molecule has 18 heavy (non-hydrogen) atoms. The summed E-state index contributed by atoms with van der Waals surface area (Å²) in [5.41, 5.74) is 7.59. The molecule has 0 aliphatic heterocycles. The molecular formula is C14H14N2O2. The van der Waals surface area contributed by atoms with Gasteiger partial charge >= 0.3 is 0 Å². The molecule has 0 bridgehead atoms. The molecule has 0 aliphatic rings. The van der Waals surface area contributed by atoms with Crippen LogP contribution in [0, 0.1) is 0 Å². The average Bonchev–Trinajstić information content (AvgIpc) is 2.38. The number of hydrogen-bond donors (Lipinski definition) is 3. The van der Waals surface area contributed by atoms with E-state index in [1.165, 1.54) is 0 Å². The van der Waals surface area contributed by atoms with Crippen LogP contribution in [0.25, 0.3) is 0 Å². The SMILES string of the molecule is NC(=O)c1cccc(CNc2ccc(O)cc2)c1. The van der Waals surface area contributed by atoms with Crippen LogP contribution < -0.4 is 11.1 Å². The van der Waals surface area contributed by atoms with Gasteiger partial charge in [0.25, 0.3) is 0 Å². The molecular weight excluding hydrogens is 228 g/mol. The van der Waals surface area contributed by atoms with Crippen LogP contribution in [0.5, 0.6) is 5.75 Å². The van der Waals surface area contributed by atoms with Crippen molar-refractivity contribution in [2.24, 2.45) is 5.73 Å². The molecule has 2 aromatic carbocycles. The summed E-state index contributed by atoms with van der Waals surface area (Å²) < 4.78 is 0. The predicted molar refractivity (Wildman–Crippen MR) is 70.4 cm³/mol. The molecule has 4 nitrogen and oxygen atoms in total. The molecule has 0 spiro atoms. The first-order valence-corrected chi connectivity index (χ1v) is 5.57. The van der Waals surface area contributed by atoms with Crippen LogP contribution in [-0.2, 0) is 6.54 Å². The number of aromatic hydroxyl groups is 1. The van der Waals surface area contributed by atoms with Gasteiger partial charge in [-0.3, -0.25) is 4.79 Å². The fraction of sp³-hybridized carbons (Fsp3) is 0.0714. The molecule has 2 rings (SSSR count). The lowest BCUT2D eigenvalue weighted by atomic mass is 10.1. The number of benzene rings is 2. The minimum atomic E-state index is -0.429. The van der Waals surface area contributed by atoms with E-state index in [4.69, 9.17) is 10.8 Å². The highest BCUT2D eigenvalue weighted by atomic mass is 16.3. The van der Waals surface area contributed by atoms with E-state index in [1.807, 2.05) is 6.07 Å². The van der Waals surface area contributed by atoms with Crippen LogP contribution in [0.15, 0.2) is 48.5 Å². The number of hydrogen-bond acceptors (Lipinski definition) is 3. The summed E-state index contributed by atoms with van der Waals surface area (Å²) in [6.45, 7) is 0.589. The summed E-state index contributed by atoms with van der Waals surface area (Å²) in [5.74, 6) is -0.197. The van der Waals surface area contributed by atoms with E-state index in [2.05, 4.69) is 5.32 Å². The number of carbonyl (C=O) groups is 1. The second-order valence-corrected chi connectivity index (χ2v) is 3.97. The van der Waals surface area contributed by atoms with Gasteiger partial charge in [0, 0.05) is 17.8 Å². The van der Waals surface area contributed by atoms with Crippen molar-refractivity contribution in [1.82, 2.24) is 0 Å². The van der Waals surface area contributed by atoms with Crippen LogP contribution in [-0.4, -0.2) is 11.0 Å². The second kappa shape index (κ2) is 5.23. The second-order valence-electron chi connectivity index (χ2n) is 3.97. The Kier molecular flexibility index (Phi) is 3.48. The summed E-state index contributed by atoms with van der Waals surface area (Å²) in [6, 6.07) is 14.0. The molecule has 0 unspecified atom stereocenters. The van der Waals surface area contributed by atoms with Gasteiger partial charge in [-0.2, -0.15) is 0 Å². The fourth-order valence-electron chi connectivity index (χ4n) is 1.62. The maximum absolute atomic E-state index is 11.0.